The molecule has 29 heavy (non-hydrogen) atoms. The Bertz CT molecular complexity index is 850. The topological polar surface area (TPSA) is 107 Å². The third-order valence-electron chi connectivity index (χ3n) is 4.89. The minimum absolute atomic E-state index is 0.0131. The van der Waals surface area contributed by atoms with E-state index in [1.807, 2.05) is 42.5 Å². The molecule has 3 rings (SSSR count). The first-order valence-corrected chi connectivity index (χ1v) is 10.2. The largest absolute Gasteiger partial charge is 0.473 e. The number of nitrogens with zero attached hydrogens (tertiary/aromatic N) is 1. The molecule has 3 N–H and O–H groups in total. The normalized spacial score (nSPS) is 18.2. The van der Waals surface area contributed by atoms with Crippen LogP contribution >= 0.6 is 11.3 Å². The zero-order valence-electron chi connectivity index (χ0n) is 16.7. The lowest BCUT2D eigenvalue weighted by Crippen LogP contribution is -2.44. The number of hydrogen-bond acceptors (Lipinski definition) is 5. The van der Waals surface area contributed by atoms with Gasteiger partial charge in [-0.1, -0.05) is 17.7 Å². The molecule has 1 aromatic carbocycles. The third kappa shape index (κ3) is 6.13. The van der Waals surface area contributed by atoms with E-state index in [2.05, 4.69) is 35.5 Å². The van der Waals surface area contributed by atoms with E-state index in [4.69, 9.17) is 19.8 Å². The van der Waals surface area contributed by atoms with Crippen LogP contribution in [0.4, 0.5) is 0 Å². The molecule has 7 nitrogen and oxygen atoms in total. The van der Waals surface area contributed by atoms with Gasteiger partial charge in [-0.15, -0.1) is 11.3 Å². The fraction of sp³-hybridized carbons (Fsp3) is 0.381. The standard InChI is InChI=1S/C19H24N2OS.C2H2O4/c1-13-4-6-16(7-5-13)19(22)20-9-10-21-14(2)12-17-8-11-23-18(17)15(21)3;3-1(4)2(5)6/h4-8,11,14-15H,9-10,12H2,1-3H3,(H,20,22);(H,3,4)(H,5,6)/t14-,15+;/m1./s1. The van der Waals surface area contributed by atoms with Crippen molar-refractivity contribution in [3.63, 3.8) is 0 Å². The number of amides is 1. The van der Waals surface area contributed by atoms with Crippen LogP contribution in [-0.4, -0.2) is 52.1 Å². The van der Waals surface area contributed by atoms with E-state index < -0.39 is 11.9 Å². The van der Waals surface area contributed by atoms with Gasteiger partial charge in [0.05, 0.1) is 0 Å². The summed E-state index contributed by atoms with van der Waals surface area (Å²) in [6.07, 6.45) is 1.11. The average molecular weight is 419 g/mol. The lowest BCUT2D eigenvalue weighted by Gasteiger charge is -2.38. The summed E-state index contributed by atoms with van der Waals surface area (Å²) >= 11 is 1.85. The van der Waals surface area contributed by atoms with Gasteiger partial charge in [-0.3, -0.25) is 9.69 Å². The zero-order valence-corrected chi connectivity index (χ0v) is 17.5. The molecular formula is C21H26N2O5S. The molecule has 8 heteroatoms. The number of carbonyl (C=O) groups is 3. The first-order chi connectivity index (χ1) is 13.7. The monoisotopic (exact) mass is 418 g/mol. The quantitative estimate of drug-likeness (QED) is 0.659. The average Bonchev–Trinajstić information content (AvgIpc) is 3.13. The van der Waals surface area contributed by atoms with E-state index in [1.54, 1.807) is 0 Å². The molecule has 0 unspecified atom stereocenters. The van der Waals surface area contributed by atoms with Crippen molar-refractivity contribution in [1.82, 2.24) is 10.2 Å². The third-order valence-corrected chi connectivity index (χ3v) is 6.02. The highest BCUT2D eigenvalue weighted by atomic mass is 32.1. The van der Waals surface area contributed by atoms with E-state index in [9.17, 15) is 4.79 Å². The SMILES string of the molecule is Cc1ccc(C(=O)NCCN2[C@H](C)Cc3ccsc3[C@@H]2C)cc1.O=C(O)C(=O)O. The van der Waals surface area contributed by atoms with Crippen molar-refractivity contribution in [1.29, 1.82) is 0 Å². The van der Waals surface area contributed by atoms with E-state index in [-0.39, 0.29) is 5.91 Å². The van der Waals surface area contributed by atoms with Crippen molar-refractivity contribution in [2.24, 2.45) is 0 Å². The molecule has 2 aromatic rings. The molecule has 1 aliphatic heterocycles. The number of rotatable bonds is 4. The molecule has 0 spiro atoms. The molecule has 1 aliphatic rings. The number of carboxylic acid groups (broad SMARTS) is 2. The van der Waals surface area contributed by atoms with E-state index in [0.717, 1.165) is 18.5 Å². The van der Waals surface area contributed by atoms with Gasteiger partial charge in [0.25, 0.3) is 5.91 Å². The summed E-state index contributed by atoms with van der Waals surface area (Å²) in [6, 6.07) is 10.9. The second-order valence-corrected chi connectivity index (χ2v) is 7.96. The summed E-state index contributed by atoms with van der Waals surface area (Å²) in [5.74, 6) is -3.64. The van der Waals surface area contributed by atoms with Crippen LogP contribution in [0.2, 0.25) is 0 Å². The van der Waals surface area contributed by atoms with E-state index >= 15 is 0 Å². The summed E-state index contributed by atoms with van der Waals surface area (Å²) in [5.41, 5.74) is 3.40. The molecule has 0 saturated heterocycles. The highest BCUT2D eigenvalue weighted by molar-refractivity contribution is 7.10. The summed E-state index contributed by atoms with van der Waals surface area (Å²) in [5, 5.41) is 20.0. The minimum atomic E-state index is -1.82. The Morgan fingerprint density at radius 2 is 1.72 bits per heavy atom. The number of aliphatic carboxylic acids is 2. The van der Waals surface area contributed by atoms with Crippen LogP contribution < -0.4 is 5.32 Å². The maximum absolute atomic E-state index is 12.2. The fourth-order valence-corrected chi connectivity index (χ4v) is 4.38. The highest BCUT2D eigenvalue weighted by Gasteiger charge is 2.29. The van der Waals surface area contributed by atoms with Crippen molar-refractivity contribution in [2.45, 2.75) is 39.3 Å². The van der Waals surface area contributed by atoms with Crippen LogP contribution in [0.25, 0.3) is 0 Å². The number of carbonyl (C=O) groups excluding carboxylic acids is 1. The van der Waals surface area contributed by atoms with Crippen molar-refractivity contribution < 1.29 is 24.6 Å². The first kappa shape index (κ1) is 22.6. The van der Waals surface area contributed by atoms with Crippen LogP contribution in [0.5, 0.6) is 0 Å². The predicted octanol–water partition coefficient (Wildman–Crippen LogP) is 2.95. The Kier molecular flexibility index (Phi) is 7.92. The van der Waals surface area contributed by atoms with Gasteiger partial charge in [-0.05, 0) is 56.3 Å². The molecule has 0 bridgehead atoms. The van der Waals surface area contributed by atoms with Crippen molar-refractivity contribution in [2.75, 3.05) is 13.1 Å². The van der Waals surface area contributed by atoms with Gasteiger partial charge < -0.3 is 15.5 Å². The van der Waals surface area contributed by atoms with Crippen LogP contribution in [0.1, 0.15) is 46.3 Å². The van der Waals surface area contributed by atoms with E-state index in [1.165, 1.54) is 16.0 Å². The van der Waals surface area contributed by atoms with Crippen LogP contribution in [-0.2, 0) is 16.0 Å². The number of hydrogen-bond donors (Lipinski definition) is 3. The second kappa shape index (κ2) is 10.2. The highest BCUT2D eigenvalue weighted by Crippen LogP contribution is 2.35. The fourth-order valence-electron chi connectivity index (χ4n) is 3.37. The lowest BCUT2D eigenvalue weighted by atomic mass is 9.97. The van der Waals surface area contributed by atoms with Crippen molar-refractivity contribution in [3.8, 4) is 0 Å². The molecule has 156 valence electrons. The summed E-state index contributed by atoms with van der Waals surface area (Å²) in [4.78, 5) is 34.4. The lowest BCUT2D eigenvalue weighted by molar-refractivity contribution is -0.159. The second-order valence-electron chi connectivity index (χ2n) is 7.01. The number of aryl methyl sites for hydroxylation is 1. The number of carboxylic acids is 2. The summed E-state index contributed by atoms with van der Waals surface area (Å²) in [7, 11) is 0. The Balaban J connectivity index is 0.000000438. The zero-order chi connectivity index (χ0) is 21.6. The Hall–Kier alpha value is -2.71. The van der Waals surface area contributed by atoms with E-state index in [0.29, 0.717) is 18.6 Å². The van der Waals surface area contributed by atoms with Gasteiger partial charge in [0.15, 0.2) is 0 Å². The molecule has 0 aliphatic carbocycles. The number of fused-ring (bicyclic) bond motifs is 1. The van der Waals surface area contributed by atoms with Gasteiger partial charge in [0.1, 0.15) is 0 Å². The molecular weight excluding hydrogens is 392 g/mol. The van der Waals surface area contributed by atoms with Gasteiger partial charge in [0.2, 0.25) is 0 Å². The maximum atomic E-state index is 12.2. The Morgan fingerprint density at radius 3 is 2.31 bits per heavy atom. The molecule has 1 amide bonds. The van der Waals surface area contributed by atoms with Crippen molar-refractivity contribution >= 4 is 29.2 Å². The van der Waals surface area contributed by atoms with Crippen molar-refractivity contribution in [3.05, 3.63) is 57.3 Å². The molecule has 2 atom stereocenters. The van der Waals surface area contributed by atoms with Gasteiger partial charge in [-0.25, -0.2) is 9.59 Å². The van der Waals surface area contributed by atoms with Gasteiger partial charge >= 0.3 is 11.9 Å². The molecule has 0 fully saturated rings. The summed E-state index contributed by atoms with van der Waals surface area (Å²) < 4.78 is 0. The number of thiophene rings is 1. The predicted molar refractivity (Wildman–Crippen MR) is 111 cm³/mol. The van der Waals surface area contributed by atoms with Crippen LogP contribution in [0.15, 0.2) is 35.7 Å². The van der Waals surface area contributed by atoms with Crippen LogP contribution in [0, 0.1) is 6.92 Å². The smallest absolute Gasteiger partial charge is 0.414 e. The summed E-state index contributed by atoms with van der Waals surface area (Å²) in [6.45, 7) is 8.14. The van der Waals surface area contributed by atoms with Gasteiger partial charge in [0, 0.05) is 35.6 Å². The number of nitrogens with one attached hydrogen (secondary N) is 1. The first-order valence-electron chi connectivity index (χ1n) is 9.33. The van der Waals surface area contributed by atoms with Gasteiger partial charge in [-0.2, -0.15) is 0 Å². The maximum Gasteiger partial charge on any atom is 0.414 e. The molecule has 0 radical (unpaired) electrons. The molecule has 1 aromatic heterocycles. The molecule has 2 heterocycles. The van der Waals surface area contributed by atoms with Crippen LogP contribution in [0.3, 0.4) is 0 Å². The number of benzene rings is 1. The minimum Gasteiger partial charge on any atom is -0.473 e. The molecule has 0 saturated carbocycles. The Morgan fingerprint density at radius 1 is 1.10 bits per heavy atom. The Labute approximate surface area is 174 Å².